The first kappa shape index (κ1) is 19.5. The molecule has 0 radical (unpaired) electrons. The molecule has 6 heteroatoms. The number of aryl methyl sites for hydroxylation is 1. The predicted molar refractivity (Wildman–Crippen MR) is 119 cm³/mol. The van der Waals surface area contributed by atoms with Crippen LogP contribution in [0.3, 0.4) is 0 Å². The Morgan fingerprint density at radius 3 is 2.57 bits per heavy atom. The van der Waals surface area contributed by atoms with Crippen LogP contribution in [0.15, 0.2) is 30.9 Å². The highest BCUT2D eigenvalue weighted by atomic mass is 32.1. The van der Waals surface area contributed by atoms with Gasteiger partial charge in [0.15, 0.2) is 0 Å². The molecule has 0 saturated heterocycles. The molecule has 0 bridgehead atoms. The minimum Gasteiger partial charge on any atom is -0.301 e. The fourth-order valence-electron chi connectivity index (χ4n) is 4.78. The maximum atomic E-state index is 4.76. The highest BCUT2D eigenvalue weighted by Gasteiger charge is 2.26. The molecule has 0 aliphatic heterocycles. The van der Waals surface area contributed by atoms with Gasteiger partial charge in [-0.1, -0.05) is 26.7 Å². The van der Waals surface area contributed by atoms with Crippen LogP contribution in [0.4, 0.5) is 0 Å². The van der Waals surface area contributed by atoms with E-state index in [-0.39, 0.29) is 0 Å². The molecule has 28 heavy (non-hydrogen) atoms. The largest absolute Gasteiger partial charge is 0.301 e. The smallest absolute Gasteiger partial charge is 0.150 e. The normalized spacial score (nSPS) is 20.3. The lowest BCUT2D eigenvalue weighted by molar-refractivity contribution is 0.156. The van der Waals surface area contributed by atoms with Crippen LogP contribution in [0.1, 0.15) is 57.4 Å². The molecule has 3 aromatic rings. The van der Waals surface area contributed by atoms with Gasteiger partial charge in [-0.2, -0.15) is 5.10 Å². The Morgan fingerprint density at radius 1 is 1.14 bits per heavy atom. The monoisotopic (exact) mass is 397 g/mol. The number of hydrogen-bond donors (Lipinski definition) is 1. The standard InChI is InChI=1S/C22H31N5S/c1-4-10-26(5-2)19-8-6-16(7-9-19)17-11-20-21(18-13-24-25(3)14-18)15-27(28)22(20)23-12-17/h11-16,19,28H,4-10H2,1-3H3/t16-,19+. The van der Waals surface area contributed by atoms with Gasteiger partial charge in [-0.15, -0.1) is 0 Å². The second kappa shape index (κ2) is 8.29. The Kier molecular flexibility index (Phi) is 5.78. The Hall–Kier alpha value is -1.79. The van der Waals surface area contributed by atoms with Crippen molar-refractivity contribution in [1.29, 1.82) is 0 Å². The third kappa shape index (κ3) is 3.72. The summed E-state index contributed by atoms with van der Waals surface area (Å²) in [6, 6.07) is 3.09. The van der Waals surface area contributed by atoms with E-state index in [1.807, 2.05) is 34.3 Å². The lowest BCUT2D eigenvalue weighted by atomic mass is 9.81. The van der Waals surface area contributed by atoms with Crippen molar-refractivity contribution < 1.29 is 0 Å². The molecule has 0 unspecified atom stereocenters. The zero-order chi connectivity index (χ0) is 19.7. The first-order chi connectivity index (χ1) is 13.6. The number of rotatable bonds is 6. The molecule has 0 spiro atoms. The minimum atomic E-state index is 0.610. The van der Waals surface area contributed by atoms with Gasteiger partial charge in [-0.3, -0.25) is 8.65 Å². The van der Waals surface area contributed by atoms with E-state index in [4.69, 9.17) is 4.98 Å². The zero-order valence-corrected chi connectivity index (χ0v) is 18.1. The van der Waals surface area contributed by atoms with Crippen LogP contribution in [0, 0.1) is 0 Å². The fourth-order valence-corrected chi connectivity index (χ4v) is 5.06. The van der Waals surface area contributed by atoms with Crippen LogP contribution in [0.2, 0.25) is 0 Å². The van der Waals surface area contributed by atoms with Gasteiger partial charge in [0.05, 0.1) is 6.20 Å². The Balaban J connectivity index is 1.57. The topological polar surface area (TPSA) is 38.9 Å². The lowest BCUT2D eigenvalue weighted by Crippen LogP contribution is -2.38. The van der Waals surface area contributed by atoms with Crippen molar-refractivity contribution in [3.63, 3.8) is 0 Å². The van der Waals surface area contributed by atoms with Gasteiger partial charge < -0.3 is 4.90 Å². The summed E-state index contributed by atoms with van der Waals surface area (Å²) < 4.78 is 3.66. The molecule has 1 saturated carbocycles. The van der Waals surface area contributed by atoms with Crippen LogP contribution in [-0.2, 0) is 7.05 Å². The van der Waals surface area contributed by atoms with Crippen molar-refractivity contribution >= 4 is 23.8 Å². The van der Waals surface area contributed by atoms with E-state index < -0.39 is 0 Å². The van der Waals surface area contributed by atoms with Crippen LogP contribution in [0.5, 0.6) is 0 Å². The molecular formula is C22H31N5S. The quantitative estimate of drug-likeness (QED) is 0.602. The summed E-state index contributed by atoms with van der Waals surface area (Å²) in [5.74, 6) is 0.610. The Labute approximate surface area is 173 Å². The average Bonchev–Trinajstić information content (AvgIpc) is 3.29. The zero-order valence-electron chi connectivity index (χ0n) is 17.2. The molecule has 1 aliphatic rings. The number of thiol groups is 1. The van der Waals surface area contributed by atoms with Gasteiger partial charge in [0.25, 0.3) is 0 Å². The van der Waals surface area contributed by atoms with Gasteiger partial charge >= 0.3 is 0 Å². The van der Waals surface area contributed by atoms with Crippen LogP contribution < -0.4 is 0 Å². The molecule has 4 rings (SSSR count). The SMILES string of the molecule is CCCN(CC)[C@H]1CC[C@@H](c2cnc3c(c2)c(-c2cnn(C)c2)cn3S)CC1. The van der Waals surface area contributed by atoms with E-state index in [1.54, 1.807) is 0 Å². The van der Waals surface area contributed by atoms with Crippen molar-refractivity contribution in [2.24, 2.45) is 7.05 Å². The summed E-state index contributed by atoms with van der Waals surface area (Å²) in [6.45, 7) is 6.97. The van der Waals surface area contributed by atoms with E-state index in [0.29, 0.717) is 5.92 Å². The van der Waals surface area contributed by atoms with Gasteiger partial charge in [0.1, 0.15) is 5.65 Å². The Bertz CT molecular complexity index is 936. The van der Waals surface area contributed by atoms with E-state index in [1.165, 1.54) is 56.1 Å². The summed E-state index contributed by atoms with van der Waals surface area (Å²) in [6.07, 6.45) is 14.4. The van der Waals surface area contributed by atoms with Crippen molar-refractivity contribution in [1.82, 2.24) is 23.6 Å². The first-order valence-corrected chi connectivity index (χ1v) is 10.9. The summed E-state index contributed by atoms with van der Waals surface area (Å²) >= 11 is 4.58. The van der Waals surface area contributed by atoms with E-state index >= 15 is 0 Å². The van der Waals surface area contributed by atoms with Crippen molar-refractivity contribution in [3.8, 4) is 11.1 Å². The highest BCUT2D eigenvalue weighted by molar-refractivity contribution is 7.78. The van der Waals surface area contributed by atoms with Crippen molar-refractivity contribution in [2.45, 2.75) is 57.9 Å². The van der Waals surface area contributed by atoms with Gasteiger partial charge in [-0.25, -0.2) is 4.98 Å². The van der Waals surface area contributed by atoms with Crippen LogP contribution in [0.25, 0.3) is 22.2 Å². The first-order valence-electron chi connectivity index (χ1n) is 10.5. The lowest BCUT2D eigenvalue weighted by Gasteiger charge is -2.36. The second-order valence-electron chi connectivity index (χ2n) is 8.06. The molecule has 0 N–H and O–H groups in total. The third-order valence-corrected chi connectivity index (χ3v) is 6.57. The van der Waals surface area contributed by atoms with Gasteiger partial charge in [-0.05, 0) is 62.7 Å². The van der Waals surface area contributed by atoms with Gasteiger partial charge in [0, 0.05) is 48.2 Å². The number of fused-ring (bicyclic) bond motifs is 1. The van der Waals surface area contributed by atoms with Crippen molar-refractivity contribution in [2.75, 3.05) is 13.1 Å². The van der Waals surface area contributed by atoms with E-state index in [0.717, 1.165) is 22.8 Å². The molecule has 0 amide bonds. The van der Waals surface area contributed by atoms with E-state index in [2.05, 4.69) is 48.9 Å². The number of nitrogens with zero attached hydrogens (tertiary/aromatic N) is 5. The second-order valence-corrected chi connectivity index (χ2v) is 8.49. The average molecular weight is 398 g/mol. The molecule has 3 heterocycles. The number of hydrogen-bond acceptors (Lipinski definition) is 4. The molecule has 1 fully saturated rings. The maximum Gasteiger partial charge on any atom is 0.150 e. The fraction of sp³-hybridized carbons (Fsp3) is 0.545. The molecular weight excluding hydrogens is 366 g/mol. The molecule has 3 aromatic heterocycles. The molecule has 0 atom stereocenters. The van der Waals surface area contributed by atoms with Crippen LogP contribution in [-0.4, -0.2) is 42.8 Å². The number of aromatic nitrogens is 4. The maximum absolute atomic E-state index is 4.76. The van der Waals surface area contributed by atoms with Gasteiger partial charge in [0.2, 0.25) is 0 Å². The predicted octanol–water partition coefficient (Wildman–Crippen LogP) is 4.89. The summed E-state index contributed by atoms with van der Waals surface area (Å²) in [5, 5.41) is 5.50. The Morgan fingerprint density at radius 2 is 1.93 bits per heavy atom. The van der Waals surface area contributed by atoms with Crippen molar-refractivity contribution in [3.05, 3.63) is 36.4 Å². The molecule has 5 nitrogen and oxygen atoms in total. The summed E-state index contributed by atoms with van der Waals surface area (Å²) in [4.78, 5) is 7.42. The highest BCUT2D eigenvalue weighted by Crippen LogP contribution is 2.37. The molecule has 0 aromatic carbocycles. The minimum absolute atomic E-state index is 0.610. The number of pyridine rings is 1. The third-order valence-electron chi connectivity index (χ3n) is 6.26. The van der Waals surface area contributed by atoms with E-state index in [9.17, 15) is 0 Å². The molecule has 150 valence electrons. The summed E-state index contributed by atoms with van der Waals surface area (Å²) in [5.41, 5.74) is 4.55. The molecule has 1 aliphatic carbocycles. The summed E-state index contributed by atoms with van der Waals surface area (Å²) in [7, 11) is 1.95. The van der Waals surface area contributed by atoms with Crippen LogP contribution >= 0.6 is 12.8 Å².